The summed E-state index contributed by atoms with van der Waals surface area (Å²) in [6.07, 6.45) is 2.77. The number of non-ortho nitro benzene ring substituents is 1. The summed E-state index contributed by atoms with van der Waals surface area (Å²) in [5.41, 5.74) is 1.93. The second kappa shape index (κ2) is 8.80. The predicted molar refractivity (Wildman–Crippen MR) is 87.2 cm³/mol. The van der Waals surface area contributed by atoms with E-state index in [1.54, 1.807) is 12.1 Å². The molecule has 0 saturated carbocycles. The van der Waals surface area contributed by atoms with Crippen LogP contribution in [0.15, 0.2) is 54.6 Å². The standard InChI is InChI=1S/C18H19NO4/c20-13-5-2-6-14-23-18(15-7-3-1-4-8-15)16-9-11-17(12-10-16)19(21)22/h1,3-4,7-13,18H,2,5-6,14H2. The number of carbonyl (C=O) groups excluding carboxylic acids is 1. The van der Waals surface area contributed by atoms with Crippen molar-refractivity contribution in [3.8, 4) is 0 Å². The molecule has 2 aromatic rings. The van der Waals surface area contributed by atoms with Gasteiger partial charge in [-0.15, -0.1) is 0 Å². The lowest BCUT2D eigenvalue weighted by molar-refractivity contribution is -0.384. The van der Waals surface area contributed by atoms with Crippen molar-refractivity contribution in [3.63, 3.8) is 0 Å². The summed E-state index contributed by atoms with van der Waals surface area (Å²) in [5.74, 6) is 0. The molecule has 0 bridgehead atoms. The number of rotatable bonds is 9. The molecule has 0 fully saturated rings. The molecule has 0 aliphatic rings. The van der Waals surface area contributed by atoms with Crippen LogP contribution in [0.2, 0.25) is 0 Å². The Kier molecular flexibility index (Phi) is 6.44. The number of nitro benzene ring substituents is 1. The fraction of sp³-hybridized carbons (Fsp3) is 0.278. The molecule has 1 unspecified atom stereocenters. The van der Waals surface area contributed by atoms with Gasteiger partial charge in [0, 0.05) is 25.2 Å². The van der Waals surface area contributed by atoms with Crippen molar-refractivity contribution in [2.24, 2.45) is 0 Å². The van der Waals surface area contributed by atoms with E-state index in [1.807, 2.05) is 30.3 Å². The Morgan fingerprint density at radius 3 is 2.26 bits per heavy atom. The maximum absolute atomic E-state index is 10.8. The van der Waals surface area contributed by atoms with Crippen LogP contribution in [0.1, 0.15) is 36.5 Å². The van der Waals surface area contributed by atoms with Gasteiger partial charge in [0.25, 0.3) is 5.69 Å². The second-order valence-electron chi connectivity index (χ2n) is 5.17. The zero-order valence-corrected chi connectivity index (χ0v) is 12.8. The molecule has 0 aliphatic heterocycles. The Hall–Kier alpha value is -2.53. The Balaban J connectivity index is 2.12. The summed E-state index contributed by atoms with van der Waals surface area (Å²) in [7, 11) is 0. The van der Waals surface area contributed by atoms with Crippen LogP contribution in [-0.2, 0) is 9.53 Å². The summed E-state index contributed by atoms with van der Waals surface area (Å²) in [6.45, 7) is 0.532. The maximum atomic E-state index is 10.8. The zero-order valence-electron chi connectivity index (χ0n) is 12.8. The third-order valence-corrected chi connectivity index (χ3v) is 3.51. The van der Waals surface area contributed by atoms with Crippen LogP contribution in [0.5, 0.6) is 0 Å². The first-order chi connectivity index (χ1) is 11.2. The first-order valence-electron chi connectivity index (χ1n) is 7.57. The van der Waals surface area contributed by atoms with E-state index in [9.17, 15) is 14.9 Å². The minimum absolute atomic E-state index is 0.0616. The van der Waals surface area contributed by atoms with E-state index < -0.39 is 4.92 Å². The van der Waals surface area contributed by atoms with Crippen molar-refractivity contribution < 1.29 is 14.5 Å². The lowest BCUT2D eigenvalue weighted by Gasteiger charge is -2.19. The number of nitro groups is 1. The third kappa shape index (κ3) is 5.00. The summed E-state index contributed by atoms with van der Waals surface area (Å²) in [4.78, 5) is 20.7. The summed E-state index contributed by atoms with van der Waals surface area (Å²) in [6, 6.07) is 16.2. The van der Waals surface area contributed by atoms with Gasteiger partial charge in [0.2, 0.25) is 0 Å². The van der Waals surface area contributed by atoms with E-state index >= 15 is 0 Å². The van der Waals surface area contributed by atoms with E-state index in [-0.39, 0.29) is 11.8 Å². The van der Waals surface area contributed by atoms with Gasteiger partial charge < -0.3 is 9.53 Å². The van der Waals surface area contributed by atoms with Crippen LogP contribution < -0.4 is 0 Å². The SMILES string of the molecule is O=CCCCCOC(c1ccccc1)c1ccc([N+](=O)[O-])cc1. The number of ether oxygens (including phenoxy) is 1. The molecule has 1 atom stereocenters. The first kappa shape index (κ1) is 16.8. The molecule has 120 valence electrons. The van der Waals surface area contributed by atoms with Gasteiger partial charge in [0.05, 0.1) is 4.92 Å². The lowest BCUT2D eigenvalue weighted by Crippen LogP contribution is -2.07. The number of aldehydes is 1. The second-order valence-corrected chi connectivity index (χ2v) is 5.17. The maximum Gasteiger partial charge on any atom is 0.269 e. The van der Waals surface area contributed by atoms with Crippen molar-refractivity contribution in [1.82, 2.24) is 0 Å². The number of unbranched alkanes of at least 4 members (excludes halogenated alkanes) is 2. The summed E-state index contributed by atoms with van der Waals surface area (Å²) < 4.78 is 5.98. The van der Waals surface area contributed by atoms with Crippen LogP contribution in [0.3, 0.4) is 0 Å². The van der Waals surface area contributed by atoms with E-state index in [2.05, 4.69) is 0 Å². The van der Waals surface area contributed by atoms with Crippen LogP contribution >= 0.6 is 0 Å². The Labute approximate surface area is 135 Å². The number of hydrogen-bond acceptors (Lipinski definition) is 4. The quantitative estimate of drug-likeness (QED) is 0.303. The fourth-order valence-corrected chi connectivity index (χ4v) is 2.31. The van der Waals surface area contributed by atoms with Gasteiger partial charge in [0.15, 0.2) is 0 Å². The van der Waals surface area contributed by atoms with Gasteiger partial charge in [-0.05, 0) is 36.1 Å². The third-order valence-electron chi connectivity index (χ3n) is 3.51. The Morgan fingerprint density at radius 2 is 1.65 bits per heavy atom. The lowest BCUT2D eigenvalue weighted by atomic mass is 10.0. The van der Waals surface area contributed by atoms with Gasteiger partial charge in [-0.2, -0.15) is 0 Å². The van der Waals surface area contributed by atoms with E-state index in [0.29, 0.717) is 13.0 Å². The molecule has 23 heavy (non-hydrogen) atoms. The van der Waals surface area contributed by atoms with E-state index in [4.69, 9.17) is 4.74 Å². The predicted octanol–water partition coefficient (Wildman–Crippen LogP) is 4.07. The number of benzene rings is 2. The highest BCUT2D eigenvalue weighted by Crippen LogP contribution is 2.27. The highest BCUT2D eigenvalue weighted by Gasteiger charge is 2.16. The molecule has 0 aromatic heterocycles. The monoisotopic (exact) mass is 313 g/mol. The van der Waals surface area contributed by atoms with Crippen molar-refractivity contribution in [2.45, 2.75) is 25.4 Å². The molecule has 2 aromatic carbocycles. The van der Waals surface area contributed by atoms with Crippen molar-refractivity contribution in [1.29, 1.82) is 0 Å². The average molecular weight is 313 g/mol. The highest BCUT2D eigenvalue weighted by atomic mass is 16.6. The minimum Gasteiger partial charge on any atom is -0.369 e. The highest BCUT2D eigenvalue weighted by molar-refractivity contribution is 5.48. The Morgan fingerprint density at radius 1 is 1.00 bits per heavy atom. The molecular weight excluding hydrogens is 294 g/mol. The van der Waals surface area contributed by atoms with E-state index in [0.717, 1.165) is 30.3 Å². The van der Waals surface area contributed by atoms with Gasteiger partial charge in [0.1, 0.15) is 12.4 Å². The number of hydrogen-bond donors (Lipinski definition) is 0. The molecule has 5 heteroatoms. The van der Waals surface area contributed by atoms with Crippen molar-refractivity contribution >= 4 is 12.0 Å². The van der Waals surface area contributed by atoms with Gasteiger partial charge in [-0.1, -0.05) is 30.3 Å². The van der Waals surface area contributed by atoms with Gasteiger partial charge in [-0.25, -0.2) is 0 Å². The van der Waals surface area contributed by atoms with Gasteiger partial charge >= 0.3 is 0 Å². The number of carbonyl (C=O) groups is 1. The topological polar surface area (TPSA) is 69.4 Å². The van der Waals surface area contributed by atoms with Crippen molar-refractivity contribution in [2.75, 3.05) is 6.61 Å². The summed E-state index contributed by atoms with van der Waals surface area (Å²) in [5, 5.41) is 10.8. The first-order valence-corrected chi connectivity index (χ1v) is 7.57. The zero-order chi connectivity index (χ0) is 16.5. The largest absolute Gasteiger partial charge is 0.369 e. The van der Waals surface area contributed by atoms with Gasteiger partial charge in [-0.3, -0.25) is 10.1 Å². The van der Waals surface area contributed by atoms with Crippen LogP contribution in [0.4, 0.5) is 5.69 Å². The number of nitrogens with zero attached hydrogens (tertiary/aromatic N) is 1. The molecule has 0 radical (unpaired) electrons. The molecule has 0 spiro atoms. The minimum atomic E-state index is -0.415. The van der Waals surface area contributed by atoms with Crippen LogP contribution in [0.25, 0.3) is 0 Å². The molecule has 0 N–H and O–H groups in total. The average Bonchev–Trinajstić information content (AvgIpc) is 2.59. The molecule has 5 nitrogen and oxygen atoms in total. The molecule has 0 aliphatic carbocycles. The van der Waals surface area contributed by atoms with E-state index in [1.165, 1.54) is 12.1 Å². The molecule has 0 saturated heterocycles. The normalized spacial score (nSPS) is 11.8. The molecule has 0 heterocycles. The molecule has 2 rings (SSSR count). The molecule has 0 amide bonds. The van der Waals surface area contributed by atoms with Crippen LogP contribution in [0, 0.1) is 10.1 Å². The smallest absolute Gasteiger partial charge is 0.269 e. The van der Waals surface area contributed by atoms with Crippen molar-refractivity contribution in [3.05, 3.63) is 75.8 Å². The Bertz CT molecular complexity index is 625. The fourth-order valence-electron chi connectivity index (χ4n) is 2.31. The molecular formula is C18H19NO4. The summed E-state index contributed by atoms with van der Waals surface area (Å²) >= 11 is 0. The van der Waals surface area contributed by atoms with Crippen LogP contribution in [-0.4, -0.2) is 17.8 Å².